The topological polar surface area (TPSA) is 35.5 Å². The summed E-state index contributed by atoms with van der Waals surface area (Å²) in [5.41, 5.74) is 0. The van der Waals surface area contributed by atoms with Crippen molar-refractivity contribution in [3.8, 4) is 0 Å². The molecule has 0 aromatic rings. The van der Waals surface area contributed by atoms with E-state index in [0.29, 0.717) is 0 Å². The summed E-state index contributed by atoms with van der Waals surface area (Å²) in [6.07, 6.45) is 0. The monoisotopic (exact) mass is 230 g/mol. The van der Waals surface area contributed by atoms with Gasteiger partial charge in [0.1, 0.15) is 0 Å². The third-order valence-corrected chi connectivity index (χ3v) is 1.97. The van der Waals surface area contributed by atoms with Crippen molar-refractivity contribution >= 4 is 34.3 Å². The molecular weight excluding hydrogens is 222 g/mol. The predicted octanol–water partition coefficient (Wildman–Crippen LogP) is 1.81. The second-order valence-corrected chi connectivity index (χ2v) is 3.51. The highest BCUT2D eigenvalue weighted by molar-refractivity contribution is 8.23. The minimum absolute atomic E-state index is 0.139. The summed E-state index contributed by atoms with van der Waals surface area (Å²) >= 11 is 4.28. The Kier molecular flexibility index (Phi) is 5.16. The van der Waals surface area contributed by atoms with Gasteiger partial charge in [0, 0.05) is 11.8 Å². The van der Waals surface area contributed by atoms with Crippen LogP contribution in [0.15, 0.2) is 0 Å². The van der Waals surface area contributed by atoms with E-state index in [9.17, 15) is 13.6 Å². The maximum atomic E-state index is 12.7. The van der Waals surface area contributed by atoms with Gasteiger partial charge in [-0.15, -0.1) is 0 Å². The van der Waals surface area contributed by atoms with E-state index in [4.69, 9.17) is 0 Å². The Bertz CT molecular complexity index is 208. The molecule has 0 N–H and O–H groups in total. The largest absolute Gasteiger partial charge is 0.479 e. The van der Waals surface area contributed by atoms with Crippen LogP contribution >= 0.6 is 24.0 Å². The molecule has 0 heterocycles. The van der Waals surface area contributed by atoms with Gasteiger partial charge in [0.2, 0.25) is 4.38 Å². The number of esters is 1. The van der Waals surface area contributed by atoms with Crippen molar-refractivity contribution in [2.45, 2.75) is 12.2 Å². The summed E-state index contributed by atoms with van der Waals surface area (Å²) in [5.74, 6) is -1.64. The summed E-state index contributed by atoms with van der Waals surface area (Å²) in [6, 6.07) is 0. The van der Waals surface area contributed by atoms with Crippen LogP contribution in [0.1, 0.15) is 6.92 Å². The number of rotatable bonds is 3. The number of ether oxygens (including phenoxy) is 2. The smallest absolute Gasteiger partial charge is 0.396 e. The van der Waals surface area contributed by atoms with E-state index in [1.54, 1.807) is 6.92 Å². The number of halogens is 2. The highest BCUT2D eigenvalue weighted by atomic mass is 32.2. The average molecular weight is 230 g/mol. The number of hydrogen-bond donors (Lipinski definition) is 0. The zero-order valence-electron chi connectivity index (χ0n) is 7.00. The Hall–Kier alpha value is -0.430. The Morgan fingerprint density at radius 2 is 2.15 bits per heavy atom. The van der Waals surface area contributed by atoms with Crippen molar-refractivity contribution in [3.63, 3.8) is 0 Å². The number of carbonyl (C=O) groups excluding carboxylic acids is 1. The third-order valence-electron chi connectivity index (χ3n) is 0.897. The van der Waals surface area contributed by atoms with Crippen molar-refractivity contribution in [3.05, 3.63) is 0 Å². The quantitative estimate of drug-likeness (QED) is 0.545. The SMILES string of the molecule is CCOC(=S)SC(F)(F)C(=O)OC. The van der Waals surface area contributed by atoms with Crippen LogP contribution < -0.4 is 0 Å². The van der Waals surface area contributed by atoms with Crippen LogP contribution in [0.3, 0.4) is 0 Å². The molecule has 3 nitrogen and oxygen atoms in total. The fourth-order valence-electron chi connectivity index (χ4n) is 0.412. The maximum Gasteiger partial charge on any atom is 0.396 e. The van der Waals surface area contributed by atoms with Gasteiger partial charge < -0.3 is 9.47 Å². The highest BCUT2D eigenvalue weighted by Crippen LogP contribution is 2.31. The van der Waals surface area contributed by atoms with Crippen LogP contribution in [0.5, 0.6) is 0 Å². The lowest BCUT2D eigenvalue weighted by molar-refractivity contribution is -0.156. The van der Waals surface area contributed by atoms with Gasteiger partial charge in [-0.1, -0.05) is 0 Å². The number of thiocarbonyl (C=S) groups is 1. The zero-order chi connectivity index (χ0) is 10.5. The predicted molar refractivity (Wildman–Crippen MR) is 48.8 cm³/mol. The summed E-state index contributed by atoms with van der Waals surface area (Å²) in [6.45, 7) is 1.78. The molecule has 0 aliphatic carbocycles. The maximum absolute atomic E-state index is 12.7. The second kappa shape index (κ2) is 5.33. The van der Waals surface area contributed by atoms with Gasteiger partial charge in [-0.25, -0.2) is 4.79 Å². The van der Waals surface area contributed by atoms with Gasteiger partial charge in [-0.2, -0.15) is 8.78 Å². The fraction of sp³-hybridized carbons (Fsp3) is 0.667. The molecule has 7 heteroatoms. The standard InChI is InChI=1S/C6H8F2O3S2/c1-3-11-5(12)13-6(7,8)4(9)10-2/h3H2,1-2H3. The van der Waals surface area contributed by atoms with Crippen LogP contribution in [0.25, 0.3) is 0 Å². The van der Waals surface area contributed by atoms with Crippen molar-refractivity contribution < 1.29 is 23.0 Å². The second-order valence-electron chi connectivity index (χ2n) is 1.79. The number of alkyl halides is 2. The van der Waals surface area contributed by atoms with Crippen LogP contribution in [0.4, 0.5) is 8.78 Å². The van der Waals surface area contributed by atoms with Crippen LogP contribution in [0.2, 0.25) is 0 Å². The lowest BCUT2D eigenvalue weighted by Gasteiger charge is -2.12. The molecule has 0 amide bonds. The van der Waals surface area contributed by atoms with E-state index in [-0.39, 0.29) is 22.8 Å². The molecule has 0 spiro atoms. The summed E-state index contributed by atoms with van der Waals surface area (Å²) < 4.78 is 33.5. The molecule has 0 aliphatic rings. The molecule has 76 valence electrons. The molecule has 0 rings (SSSR count). The average Bonchev–Trinajstić information content (AvgIpc) is 2.02. The highest BCUT2D eigenvalue weighted by Gasteiger charge is 2.43. The first-order chi connectivity index (χ1) is 5.94. The van der Waals surface area contributed by atoms with E-state index in [2.05, 4.69) is 21.7 Å². The molecular formula is C6H8F2O3S2. The Morgan fingerprint density at radius 1 is 1.62 bits per heavy atom. The first kappa shape index (κ1) is 12.6. The molecule has 13 heavy (non-hydrogen) atoms. The van der Waals surface area contributed by atoms with Crippen molar-refractivity contribution in [2.24, 2.45) is 0 Å². The number of hydrogen-bond acceptors (Lipinski definition) is 5. The van der Waals surface area contributed by atoms with Crippen molar-refractivity contribution in [1.29, 1.82) is 0 Å². The van der Waals surface area contributed by atoms with Gasteiger partial charge in [0.05, 0.1) is 13.7 Å². The van der Waals surface area contributed by atoms with Crippen LogP contribution in [0, 0.1) is 0 Å². The first-order valence-corrected chi connectivity index (χ1v) is 4.48. The first-order valence-electron chi connectivity index (χ1n) is 3.26. The molecule has 0 aromatic heterocycles. The van der Waals surface area contributed by atoms with E-state index in [1.165, 1.54) is 0 Å². The van der Waals surface area contributed by atoms with E-state index >= 15 is 0 Å². The lowest BCUT2D eigenvalue weighted by Crippen LogP contribution is -2.27. The Labute approximate surface area is 83.8 Å². The number of carbonyl (C=O) groups is 1. The Balaban J connectivity index is 4.16. The molecule has 0 aromatic carbocycles. The molecule has 0 fully saturated rings. The molecule has 0 saturated carbocycles. The molecule has 0 atom stereocenters. The molecule has 0 saturated heterocycles. The minimum Gasteiger partial charge on any atom is -0.479 e. The van der Waals surface area contributed by atoms with Gasteiger partial charge >= 0.3 is 11.2 Å². The minimum atomic E-state index is -3.68. The number of thioether (sulfide) groups is 1. The summed E-state index contributed by atoms with van der Waals surface area (Å²) in [7, 11) is 0.876. The molecule has 0 radical (unpaired) electrons. The molecule has 0 bridgehead atoms. The van der Waals surface area contributed by atoms with E-state index in [0.717, 1.165) is 7.11 Å². The third kappa shape index (κ3) is 4.37. The zero-order valence-corrected chi connectivity index (χ0v) is 8.64. The van der Waals surface area contributed by atoms with Gasteiger partial charge in [0.15, 0.2) is 0 Å². The van der Waals surface area contributed by atoms with Crippen molar-refractivity contribution in [1.82, 2.24) is 0 Å². The summed E-state index contributed by atoms with van der Waals surface area (Å²) in [5, 5.41) is -3.68. The van der Waals surface area contributed by atoms with Gasteiger partial charge in [-0.05, 0) is 19.1 Å². The van der Waals surface area contributed by atoms with E-state index in [1.807, 2.05) is 0 Å². The lowest BCUT2D eigenvalue weighted by atomic mass is 10.7. The van der Waals surface area contributed by atoms with Gasteiger partial charge in [-0.3, -0.25) is 0 Å². The Morgan fingerprint density at radius 3 is 2.54 bits per heavy atom. The normalized spacial score (nSPS) is 10.8. The summed E-state index contributed by atoms with van der Waals surface area (Å²) in [4.78, 5) is 10.5. The number of methoxy groups -OCH3 is 1. The molecule has 0 aliphatic heterocycles. The van der Waals surface area contributed by atoms with Gasteiger partial charge in [0.25, 0.3) is 0 Å². The van der Waals surface area contributed by atoms with Crippen LogP contribution in [-0.2, 0) is 14.3 Å². The van der Waals surface area contributed by atoms with Crippen LogP contribution in [-0.4, -0.2) is 29.3 Å². The van der Waals surface area contributed by atoms with E-state index < -0.39 is 11.2 Å². The molecule has 0 unspecified atom stereocenters. The fourth-order valence-corrected chi connectivity index (χ4v) is 1.40. The van der Waals surface area contributed by atoms with Crippen molar-refractivity contribution in [2.75, 3.05) is 13.7 Å².